The molecule has 0 bridgehead atoms. The summed E-state index contributed by atoms with van der Waals surface area (Å²) in [6.45, 7) is 3.84. The molecule has 146 valence electrons. The number of hydrogen-bond acceptors (Lipinski definition) is 4. The van der Waals surface area contributed by atoms with Gasteiger partial charge in [-0.05, 0) is 61.3 Å². The highest BCUT2D eigenvalue weighted by Crippen LogP contribution is 2.15. The van der Waals surface area contributed by atoms with Gasteiger partial charge in [0.1, 0.15) is 5.75 Å². The zero-order valence-electron chi connectivity index (χ0n) is 16.1. The molecule has 2 aromatic rings. The molecule has 1 fully saturated rings. The molecule has 0 saturated carbocycles. The van der Waals surface area contributed by atoms with Crippen molar-refractivity contribution < 1.29 is 14.6 Å². The number of aliphatic hydroxyl groups excluding tert-OH is 1. The van der Waals surface area contributed by atoms with Gasteiger partial charge in [-0.3, -0.25) is 4.90 Å². The lowest BCUT2D eigenvalue weighted by atomic mass is 10.2. The molecule has 6 nitrogen and oxygen atoms in total. The number of urea groups is 1. The van der Waals surface area contributed by atoms with Crippen LogP contribution in [0.4, 0.5) is 10.5 Å². The molecule has 0 aliphatic carbocycles. The summed E-state index contributed by atoms with van der Waals surface area (Å²) in [5, 5.41) is 12.7. The first-order valence-electron chi connectivity index (χ1n) is 9.17. The Morgan fingerprint density at radius 2 is 1.59 bits per heavy atom. The fourth-order valence-electron chi connectivity index (χ4n) is 2.99. The zero-order chi connectivity index (χ0) is 19.5. The number of aliphatic hydroxyl groups is 1. The van der Waals surface area contributed by atoms with E-state index in [-0.39, 0.29) is 6.03 Å². The van der Waals surface area contributed by atoms with E-state index in [2.05, 4.69) is 27.7 Å². The fraction of sp³-hybridized carbons (Fsp3) is 0.381. The van der Waals surface area contributed by atoms with Crippen molar-refractivity contribution in [3.63, 3.8) is 0 Å². The number of benzene rings is 2. The number of amides is 2. The van der Waals surface area contributed by atoms with Gasteiger partial charge in [0.25, 0.3) is 0 Å². The molecule has 2 aromatic carbocycles. The highest BCUT2D eigenvalue weighted by Gasteiger charge is 2.11. The van der Waals surface area contributed by atoms with Gasteiger partial charge in [-0.1, -0.05) is 24.3 Å². The number of methoxy groups -OCH3 is 1. The predicted octanol–water partition coefficient (Wildman–Crippen LogP) is 3.22. The average molecular weight is 371 g/mol. The van der Waals surface area contributed by atoms with Crippen LogP contribution in [0.25, 0.3) is 0 Å². The van der Waals surface area contributed by atoms with E-state index in [1.807, 2.05) is 36.4 Å². The average Bonchev–Trinajstić information content (AvgIpc) is 3.23. The Kier molecular flexibility index (Phi) is 8.61. The van der Waals surface area contributed by atoms with Gasteiger partial charge in [0.05, 0.1) is 7.11 Å². The molecule has 0 unspecified atom stereocenters. The van der Waals surface area contributed by atoms with Crippen molar-refractivity contribution in [3.05, 3.63) is 59.7 Å². The van der Waals surface area contributed by atoms with Gasteiger partial charge in [0.2, 0.25) is 0 Å². The SMILES string of the molecule is CO.COc1ccc(CNC(=O)Nc2ccc(CN3CCCC3)cc2)cc1. The molecule has 1 aliphatic heterocycles. The van der Waals surface area contributed by atoms with E-state index in [1.54, 1.807) is 7.11 Å². The molecule has 0 aromatic heterocycles. The van der Waals surface area contributed by atoms with Crippen LogP contribution in [-0.4, -0.2) is 43.3 Å². The summed E-state index contributed by atoms with van der Waals surface area (Å²) >= 11 is 0. The Labute approximate surface area is 161 Å². The maximum Gasteiger partial charge on any atom is 0.319 e. The Bertz CT molecular complexity index is 681. The molecule has 1 heterocycles. The Hall–Kier alpha value is -2.57. The number of hydrogen-bond donors (Lipinski definition) is 3. The van der Waals surface area contributed by atoms with Crippen LogP contribution in [-0.2, 0) is 13.1 Å². The van der Waals surface area contributed by atoms with Crippen molar-refractivity contribution in [2.45, 2.75) is 25.9 Å². The van der Waals surface area contributed by atoms with Crippen LogP contribution in [0.3, 0.4) is 0 Å². The van der Waals surface area contributed by atoms with Crippen LogP contribution in [0.5, 0.6) is 5.75 Å². The highest BCUT2D eigenvalue weighted by atomic mass is 16.5. The second kappa shape index (κ2) is 11.2. The molecule has 2 amide bonds. The minimum absolute atomic E-state index is 0.205. The maximum atomic E-state index is 12.0. The Morgan fingerprint density at radius 3 is 2.19 bits per heavy atom. The number of nitrogens with zero attached hydrogens (tertiary/aromatic N) is 1. The summed E-state index contributed by atoms with van der Waals surface area (Å²) in [5.74, 6) is 0.808. The summed E-state index contributed by atoms with van der Waals surface area (Å²) in [6, 6.07) is 15.5. The van der Waals surface area contributed by atoms with Crippen LogP contribution < -0.4 is 15.4 Å². The smallest absolute Gasteiger partial charge is 0.319 e. The number of likely N-dealkylation sites (tertiary alicyclic amines) is 1. The topological polar surface area (TPSA) is 73.8 Å². The molecule has 3 rings (SSSR count). The van der Waals surface area contributed by atoms with Crippen LogP contribution in [0, 0.1) is 0 Å². The fourth-order valence-corrected chi connectivity index (χ4v) is 2.99. The normalized spacial score (nSPS) is 13.4. The van der Waals surface area contributed by atoms with Crippen LogP contribution in [0.2, 0.25) is 0 Å². The molecule has 0 radical (unpaired) electrons. The molecule has 27 heavy (non-hydrogen) atoms. The molecule has 0 atom stereocenters. The number of carbonyl (C=O) groups is 1. The number of anilines is 1. The standard InChI is InChI=1S/C20H25N3O2.CH4O/c1-25-19-10-6-16(7-11-19)14-21-20(24)22-18-8-4-17(5-9-18)15-23-12-2-3-13-23;1-2/h4-11H,2-3,12-15H2,1H3,(H2,21,22,24);2H,1H3. The second-order valence-corrected chi connectivity index (χ2v) is 6.34. The number of nitrogens with one attached hydrogen (secondary N) is 2. The lowest BCUT2D eigenvalue weighted by Gasteiger charge is -2.15. The van der Waals surface area contributed by atoms with Crippen molar-refractivity contribution in [2.75, 3.05) is 32.6 Å². The highest BCUT2D eigenvalue weighted by molar-refractivity contribution is 5.89. The van der Waals surface area contributed by atoms with Crippen LogP contribution in [0.1, 0.15) is 24.0 Å². The number of ether oxygens (including phenoxy) is 1. The summed E-state index contributed by atoms with van der Waals surface area (Å²) in [6.07, 6.45) is 2.60. The Morgan fingerprint density at radius 1 is 1.00 bits per heavy atom. The lowest BCUT2D eigenvalue weighted by molar-refractivity contribution is 0.251. The molecule has 1 aliphatic rings. The molecule has 0 spiro atoms. The van der Waals surface area contributed by atoms with Gasteiger partial charge < -0.3 is 20.5 Å². The third kappa shape index (κ3) is 6.92. The summed E-state index contributed by atoms with van der Waals surface area (Å²) in [4.78, 5) is 14.5. The molecular weight excluding hydrogens is 342 g/mol. The van der Waals surface area contributed by atoms with E-state index in [0.29, 0.717) is 6.54 Å². The molecule has 3 N–H and O–H groups in total. The van der Waals surface area contributed by atoms with Gasteiger partial charge in [0.15, 0.2) is 0 Å². The van der Waals surface area contributed by atoms with Crippen molar-refractivity contribution in [1.82, 2.24) is 10.2 Å². The minimum Gasteiger partial charge on any atom is -0.497 e. The van der Waals surface area contributed by atoms with E-state index < -0.39 is 0 Å². The van der Waals surface area contributed by atoms with Crippen molar-refractivity contribution >= 4 is 11.7 Å². The maximum absolute atomic E-state index is 12.0. The quantitative estimate of drug-likeness (QED) is 0.729. The number of rotatable bonds is 6. The van der Waals surface area contributed by atoms with E-state index in [1.165, 1.54) is 31.5 Å². The van der Waals surface area contributed by atoms with Crippen LogP contribution >= 0.6 is 0 Å². The van der Waals surface area contributed by atoms with Gasteiger partial charge in [-0.15, -0.1) is 0 Å². The van der Waals surface area contributed by atoms with E-state index in [9.17, 15) is 4.79 Å². The zero-order valence-corrected chi connectivity index (χ0v) is 16.1. The van der Waals surface area contributed by atoms with E-state index in [4.69, 9.17) is 9.84 Å². The third-order valence-electron chi connectivity index (χ3n) is 4.43. The van der Waals surface area contributed by atoms with Gasteiger partial charge in [0, 0.05) is 25.9 Å². The summed E-state index contributed by atoms with van der Waals surface area (Å²) in [7, 11) is 2.64. The van der Waals surface area contributed by atoms with E-state index in [0.717, 1.165) is 30.7 Å². The Balaban J connectivity index is 0.00000126. The molecule has 6 heteroatoms. The van der Waals surface area contributed by atoms with Crippen molar-refractivity contribution in [2.24, 2.45) is 0 Å². The van der Waals surface area contributed by atoms with Crippen molar-refractivity contribution in [3.8, 4) is 5.75 Å². The molecule has 1 saturated heterocycles. The predicted molar refractivity (Wildman–Crippen MR) is 108 cm³/mol. The third-order valence-corrected chi connectivity index (χ3v) is 4.43. The molecular formula is C21H29N3O3. The minimum atomic E-state index is -0.205. The first-order chi connectivity index (χ1) is 13.2. The number of carbonyl (C=O) groups excluding carboxylic acids is 1. The first kappa shape index (κ1) is 20.7. The summed E-state index contributed by atoms with van der Waals surface area (Å²) < 4.78 is 5.12. The van der Waals surface area contributed by atoms with Crippen LogP contribution in [0.15, 0.2) is 48.5 Å². The van der Waals surface area contributed by atoms with Crippen molar-refractivity contribution in [1.29, 1.82) is 0 Å². The first-order valence-corrected chi connectivity index (χ1v) is 9.17. The van der Waals surface area contributed by atoms with E-state index >= 15 is 0 Å². The monoisotopic (exact) mass is 371 g/mol. The summed E-state index contributed by atoms with van der Waals surface area (Å²) in [5.41, 5.74) is 3.11. The van der Waals surface area contributed by atoms with Gasteiger partial charge >= 0.3 is 6.03 Å². The van der Waals surface area contributed by atoms with Gasteiger partial charge in [-0.25, -0.2) is 4.79 Å². The lowest BCUT2D eigenvalue weighted by Crippen LogP contribution is -2.28. The van der Waals surface area contributed by atoms with Gasteiger partial charge in [-0.2, -0.15) is 0 Å². The second-order valence-electron chi connectivity index (χ2n) is 6.34. The largest absolute Gasteiger partial charge is 0.497 e.